The second-order valence-corrected chi connectivity index (χ2v) is 7.11. The van der Waals surface area contributed by atoms with Crippen molar-refractivity contribution >= 4 is 0 Å². The van der Waals surface area contributed by atoms with Crippen LogP contribution in [0.15, 0.2) is 12.2 Å². The zero-order valence-electron chi connectivity index (χ0n) is 13.2. The van der Waals surface area contributed by atoms with Crippen LogP contribution in [0.25, 0.3) is 0 Å². The van der Waals surface area contributed by atoms with E-state index in [1.165, 1.54) is 38.5 Å². The molecule has 2 rings (SSSR count). The monoisotopic (exact) mass is 302 g/mol. The molecule has 0 bridgehead atoms. The third kappa shape index (κ3) is 5.34. The molecule has 0 nitrogen and oxygen atoms in total. The number of hydrogen-bond acceptors (Lipinski definition) is 0. The fourth-order valence-corrected chi connectivity index (χ4v) is 4.03. The molecule has 2 saturated carbocycles. The molecule has 0 amide bonds. The van der Waals surface area contributed by atoms with Crippen LogP contribution in [-0.2, 0) is 0 Å². The van der Waals surface area contributed by atoms with Crippen molar-refractivity contribution in [2.24, 2.45) is 23.7 Å². The van der Waals surface area contributed by atoms with Gasteiger partial charge in [0.2, 0.25) is 0 Å². The topological polar surface area (TPSA) is 0 Å². The molecule has 0 unspecified atom stereocenters. The molecule has 0 heterocycles. The Labute approximate surface area is 127 Å². The molecule has 0 aromatic carbocycles. The smallest absolute Gasteiger partial charge is 0.171 e. The molecule has 0 radical (unpaired) electrons. The van der Waals surface area contributed by atoms with Gasteiger partial charge in [-0.1, -0.05) is 31.9 Å². The van der Waals surface area contributed by atoms with E-state index in [0.29, 0.717) is 37.5 Å². The van der Waals surface area contributed by atoms with E-state index in [4.69, 9.17) is 0 Å². The first-order valence-electron chi connectivity index (χ1n) is 8.74. The van der Waals surface area contributed by atoms with E-state index in [9.17, 15) is 13.2 Å². The van der Waals surface area contributed by atoms with Gasteiger partial charge in [0.05, 0.1) is 5.92 Å². The molecule has 0 N–H and O–H groups in total. The standard InChI is InChI=1S/C18H29F3/c1-2-3-14-4-6-15(7-5-14)8-9-16-10-12-17(13-11-16)18(19,20)21/h8-9,14-17H,2-7,10-13H2,1H3/b9-8+. The zero-order valence-corrected chi connectivity index (χ0v) is 13.2. The minimum Gasteiger partial charge on any atom is -0.171 e. The van der Waals surface area contributed by atoms with Crippen molar-refractivity contribution in [2.45, 2.75) is 77.3 Å². The van der Waals surface area contributed by atoms with E-state index in [1.54, 1.807) is 0 Å². The summed E-state index contributed by atoms with van der Waals surface area (Å²) in [5, 5.41) is 0. The summed E-state index contributed by atoms with van der Waals surface area (Å²) in [4.78, 5) is 0. The van der Waals surface area contributed by atoms with Crippen LogP contribution in [0.4, 0.5) is 13.2 Å². The Bertz CT molecular complexity index is 316. The molecule has 0 aromatic rings. The molecule has 0 saturated heterocycles. The Balaban J connectivity index is 1.69. The van der Waals surface area contributed by atoms with Crippen LogP contribution < -0.4 is 0 Å². The molecule has 3 heteroatoms. The zero-order chi connectivity index (χ0) is 15.3. The largest absolute Gasteiger partial charge is 0.391 e. The van der Waals surface area contributed by atoms with Gasteiger partial charge in [-0.25, -0.2) is 0 Å². The summed E-state index contributed by atoms with van der Waals surface area (Å²) in [5.41, 5.74) is 0. The van der Waals surface area contributed by atoms with E-state index in [1.807, 2.05) is 0 Å². The summed E-state index contributed by atoms with van der Waals surface area (Å²) in [6, 6.07) is 0. The van der Waals surface area contributed by atoms with Gasteiger partial charge in [-0.3, -0.25) is 0 Å². The number of allylic oxidation sites excluding steroid dienone is 2. The summed E-state index contributed by atoms with van der Waals surface area (Å²) < 4.78 is 37.9. The van der Waals surface area contributed by atoms with E-state index in [0.717, 1.165) is 5.92 Å². The van der Waals surface area contributed by atoms with Crippen LogP contribution >= 0.6 is 0 Å². The molecule has 21 heavy (non-hydrogen) atoms. The van der Waals surface area contributed by atoms with Gasteiger partial charge in [0, 0.05) is 0 Å². The van der Waals surface area contributed by atoms with Gasteiger partial charge < -0.3 is 0 Å². The third-order valence-electron chi connectivity index (χ3n) is 5.48. The normalized spacial score (nSPS) is 35.2. The lowest BCUT2D eigenvalue weighted by Crippen LogP contribution is -2.27. The van der Waals surface area contributed by atoms with E-state index in [2.05, 4.69) is 19.1 Å². The summed E-state index contributed by atoms with van der Waals surface area (Å²) in [6.45, 7) is 2.25. The highest BCUT2D eigenvalue weighted by atomic mass is 19.4. The first-order valence-corrected chi connectivity index (χ1v) is 8.74. The summed E-state index contributed by atoms with van der Waals surface area (Å²) in [5.74, 6) is 0.934. The minimum atomic E-state index is -3.98. The number of hydrogen-bond donors (Lipinski definition) is 0. The molecule has 0 spiro atoms. The maximum Gasteiger partial charge on any atom is 0.391 e. The predicted molar refractivity (Wildman–Crippen MR) is 81.0 cm³/mol. The average molecular weight is 302 g/mol. The summed E-state index contributed by atoms with van der Waals surface area (Å²) in [7, 11) is 0. The van der Waals surface area contributed by atoms with Crippen molar-refractivity contribution in [2.75, 3.05) is 0 Å². The van der Waals surface area contributed by atoms with E-state index in [-0.39, 0.29) is 0 Å². The Morgan fingerprint density at radius 2 is 1.29 bits per heavy atom. The first-order chi connectivity index (χ1) is 9.99. The molecular weight excluding hydrogens is 273 g/mol. The van der Waals surface area contributed by atoms with Crippen LogP contribution in [0.3, 0.4) is 0 Å². The van der Waals surface area contributed by atoms with E-state index < -0.39 is 12.1 Å². The average Bonchev–Trinajstić information content (AvgIpc) is 2.46. The molecular formula is C18H29F3. The van der Waals surface area contributed by atoms with Gasteiger partial charge in [0.1, 0.15) is 0 Å². The number of rotatable bonds is 4. The SMILES string of the molecule is CCCC1CCC(/C=C/C2CCC(C(F)(F)F)CC2)CC1. The number of halogens is 3. The predicted octanol–water partition coefficient (Wildman–Crippen LogP) is 6.52. The third-order valence-corrected chi connectivity index (χ3v) is 5.48. The van der Waals surface area contributed by atoms with Crippen molar-refractivity contribution in [1.29, 1.82) is 0 Å². The number of alkyl halides is 3. The van der Waals surface area contributed by atoms with Crippen molar-refractivity contribution < 1.29 is 13.2 Å². The van der Waals surface area contributed by atoms with Crippen molar-refractivity contribution in [3.05, 3.63) is 12.2 Å². The van der Waals surface area contributed by atoms with E-state index >= 15 is 0 Å². The van der Waals surface area contributed by atoms with Crippen LogP contribution in [0, 0.1) is 23.7 Å². The minimum absolute atomic E-state index is 0.321. The van der Waals surface area contributed by atoms with Gasteiger partial charge in [-0.05, 0) is 69.1 Å². The Hall–Kier alpha value is -0.470. The van der Waals surface area contributed by atoms with Gasteiger partial charge in [0.15, 0.2) is 0 Å². The molecule has 2 aliphatic carbocycles. The molecule has 0 atom stereocenters. The molecule has 2 fully saturated rings. The molecule has 122 valence electrons. The van der Waals surface area contributed by atoms with Crippen molar-refractivity contribution in [3.63, 3.8) is 0 Å². The molecule has 0 aromatic heterocycles. The second-order valence-electron chi connectivity index (χ2n) is 7.11. The Morgan fingerprint density at radius 3 is 1.71 bits per heavy atom. The van der Waals surface area contributed by atoms with Crippen molar-refractivity contribution in [1.82, 2.24) is 0 Å². The summed E-state index contributed by atoms with van der Waals surface area (Å²) in [6.07, 6.45) is 10.5. The molecule has 2 aliphatic rings. The van der Waals surface area contributed by atoms with Gasteiger partial charge >= 0.3 is 6.18 Å². The maximum absolute atomic E-state index is 12.6. The van der Waals surface area contributed by atoms with Crippen molar-refractivity contribution in [3.8, 4) is 0 Å². The van der Waals surface area contributed by atoms with Gasteiger partial charge in [-0.15, -0.1) is 0 Å². The lowest BCUT2D eigenvalue weighted by molar-refractivity contribution is -0.183. The van der Waals surface area contributed by atoms with Crippen LogP contribution in [-0.4, -0.2) is 6.18 Å². The van der Waals surface area contributed by atoms with Crippen LogP contribution in [0.2, 0.25) is 0 Å². The Morgan fingerprint density at radius 1 is 0.810 bits per heavy atom. The fourth-order valence-electron chi connectivity index (χ4n) is 4.03. The lowest BCUT2D eigenvalue weighted by atomic mass is 9.78. The van der Waals surface area contributed by atoms with Crippen LogP contribution in [0.1, 0.15) is 71.1 Å². The maximum atomic E-state index is 12.6. The second kappa shape index (κ2) is 7.69. The van der Waals surface area contributed by atoms with Gasteiger partial charge in [0.25, 0.3) is 0 Å². The highest BCUT2D eigenvalue weighted by molar-refractivity contribution is 4.96. The Kier molecular flexibility index (Phi) is 6.19. The van der Waals surface area contributed by atoms with Gasteiger partial charge in [-0.2, -0.15) is 13.2 Å². The molecule has 0 aliphatic heterocycles. The lowest BCUT2D eigenvalue weighted by Gasteiger charge is -2.29. The summed E-state index contributed by atoms with van der Waals surface area (Å²) >= 11 is 0. The fraction of sp³-hybridized carbons (Fsp3) is 0.889. The van der Waals surface area contributed by atoms with Crippen LogP contribution in [0.5, 0.6) is 0 Å². The quantitative estimate of drug-likeness (QED) is 0.519. The first kappa shape index (κ1) is 16.9. The highest BCUT2D eigenvalue weighted by Gasteiger charge is 2.40. The highest BCUT2D eigenvalue weighted by Crippen LogP contribution is 2.40.